The fourth-order valence-corrected chi connectivity index (χ4v) is 3.92. The first kappa shape index (κ1) is 16.9. The van der Waals surface area contributed by atoms with Crippen molar-refractivity contribution in [3.8, 4) is 17.5 Å². The number of benzene rings is 2. The minimum absolute atomic E-state index is 0.421. The summed E-state index contributed by atoms with van der Waals surface area (Å²) in [6, 6.07) is 12.2. The summed E-state index contributed by atoms with van der Waals surface area (Å²) in [4.78, 5) is 4.63. The molecule has 2 heterocycles. The maximum absolute atomic E-state index is 9.79. The molecule has 27 heavy (non-hydrogen) atoms. The molecule has 0 radical (unpaired) electrons. The van der Waals surface area contributed by atoms with E-state index in [-0.39, 0.29) is 0 Å². The number of hydrogen-bond acceptors (Lipinski definition) is 4. The third-order valence-electron chi connectivity index (χ3n) is 5.20. The molecule has 0 saturated carbocycles. The third kappa shape index (κ3) is 2.27. The monoisotopic (exact) mass is 356 g/mol. The Hall–Kier alpha value is -3.52. The van der Waals surface area contributed by atoms with E-state index < -0.39 is 0 Å². The van der Waals surface area contributed by atoms with Crippen LogP contribution in [0.1, 0.15) is 22.3 Å². The number of methoxy groups -OCH3 is 1. The molecule has 0 aliphatic carbocycles. The molecule has 5 heteroatoms. The van der Waals surface area contributed by atoms with Crippen LogP contribution in [0.2, 0.25) is 0 Å². The topological polar surface area (TPSA) is 76.9 Å². The number of aryl methyl sites for hydroxylation is 2. The van der Waals surface area contributed by atoms with Gasteiger partial charge in [0.25, 0.3) is 0 Å². The Bertz CT molecular complexity index is 1260. The van der Waals surface area contributed by atoms with Crippen molar-refractivity contribution < 1.29 is 4.74 Å². The summed E-state index contributed by atoms with van der Waals surface area (Å²) in [6.45, 7) is 6.06. The number of nitriles is 1. The summed E-state index contributed by atoms with van der Waals surface area (Å²) in [5, 5.41) is 11.7. The van der Waals surface area contributed by atoms with Gasteiger partial charge in [-0.25, -0.2) is 0 Å². The second-order valence-electron chi connectivity index (χ2n) is 6.75. The highest BCUT2D eigenvalue weighted by Crippen LogP contribution is 2.39. The molecule has 0 fully saturated rings. The summed E-state index contributed by atoms with van der Waals surface area (Å²) in [5.74, 6) is 1.20. The van der Waals surface area contributed by atoms with Crippen LogP contribution in [-0.4, -0.2) is 16.7 Å². The fraction of sp³-hybridized carbons (Fsp3) is 0.182. The molecule has 2 N–H and O–H groups in total. The fourth-order valence-electron chi connectivity index (χ4n) is 3.92. The van der Waals surface area contributed by atoms with Crippen LogP contribution in [0.4, 0.5) is 5.82 Å². The van der Waals surface area contributed by atoms with Gasteiger partial charge in [-0.15, -0.1) is 0 Å². The molecular formula is C22H20N4O. The normalized spacial score (nSPS) is 11.1. The van der Waals surface area contributed by atoms with Gasteiger partial charge in [-0.1, -0.05) is 12.1 Å². The molecule has 0 unspecified atom stereocenters. The minimum Gasteiger partial charge on any atom is -0.496 e. The Morgan fingerprint density at radius 3 is 2.59 bits per heavy atom. The molecule has 2 aromatic carbocycles. The van der Waals surface area contributed by atoms with Crippen LogP contribution < -0.4 is 10.5 Å². The van der Waals surface area contributed by atoms with Gasteiger partial charge < -0.3 is 10.5 Å². The average molecular weight is 356 g/mol. The van der Waals surface area contributed by atoms with Gasteiger partial charge in [0.05, 0.1) is 23.8 Å². The number of ether oxygens (including phenoxy) is 1. The number of nitrogen functional groups attached to an aromatic ring is 1. The Morgan fingerprint density at radius 2 is 1.89 bits per heavy atom. The van der Waals surface area contributed by atoms with Crippen LogP contribution >= 0.6 is 0 Å². The van der Waals surface area contributed by atoms with Crippen molar-refractivity contribution in [2.45, 2.75) is 20.8 Å². The highest BCUT2D eigenvalue weighted by Gasteiger charge is 2.23. The number of nitrogens with two attached hydrogens (primary N) is 1. The average Bonchev–Trinajstić information content (AvgIpc) is 2.94. The van der Waals surface area contributed by atoms with E-state index in [1.807, 2.05) is 55.7 Å². The van der Waals surface area contributed by atoms with E-state index in [1.54, 1.807) is 13.3 Å². The molecule has 4 rings (SSSR count). The summed E-state index contributed by atoms with van der Waals surface area (Å²) >= 11 is 0. The van der Waals surface area contributed by atoms with Crippen molar-refractivity contribution in [2.75, 3.05) is 12.8 Å². The lowest BCUT2D eigenvalue weighted by atomic mass is 10.0. The van der Waals surface area contributed by atoms with Crippen molar-refractivity contribution in [1.82, 2.24) is 9.55 Å². The number of fused-ring (bicyclic) bond motifs is 3. The SMILES string of the molecule is COc1ccc(C)c(-n2c(N)c(C#N)c3cc(C)c4cccnc4c32)c1C. The number of nitrogens with zero attached hydrogens (tertiary/aromatic N) is 3. The van der Waals surface area contributed by atoms with E-state index >= 15 is 0 Å². The Kier molecular flexibility index (Phi) is 3.78. The number of hydrogen-bond donors (Lipinski definition) is 1. The van der Waals surface area contributed by atoms with Crippen molar-refractivity contribution in [2.24, 2.45) is 0 Å². The van der Waals surface area contributed by atoms with E-state index in [1.165, 1.54) is 0 Å². The van der Waals surface area contributed by atoms with Crippen LogP contribution in [0.25, 0.3) is 27.5 Å². The van der Waals surface area contributed by atoms with Crippen molar-refractivity contribution in [3.63, 3.8) is 0 Å². The minimum atomic E-state index is 0.421. The number of pyridine rings is 1. The zero-order valence-corrected chi connectivity index (χ0v) is 15.8. The Morgan fingerprint density at radius 1 is 1.11 bits per heavy atom. The van der Waals surface area contributed by atoms with Gasteiger partial charge in [0.15, 0.2) is 0 Å². The molecule has 0 amide bonds. The van der Waals surface area contributed by atoms with Gasteiger partial charge >= 0.3 is 0 Å². The Labute approximate surface area is 157 Å². The molecule has 0 aliphatic heterocycles. The smallest absolute Gasteiger partial charge is 0.127 e. The van der Waals surface area contributed by atoms with Crippen molar-refractivity contribution in [1.29, 1.82) is 5.26 Å². The molecule has 2 aromatic heterocycles. The van der Waals surface area contributed by atoms with Crippen LogP contribution in [0.3, 0.4) is 0 Å². The van der Waals surface area contributed by atoms with E-state index in [0.29, 0.717) is 11.4 Å². The lowest BCUT2D eigenvalue weighted by molar-refractivity contribution is 0.411. The molecule has 134 valence electrons. The van der Waals surface area contributed by atoms with Crippen molar-refractivity contribution in [3.05, 3.63) is 58.8 Å². The first-order valence-electron chi connectivity index (χ1n) is 8.72. The second kappa shape index (κ2) is 6.03. The summed E-state index contributed by atoms with van der Waals surface area (Å²) in [7, 11) is 1.65. The van der Waals surface area contributed by atoms with E-state index in [2.05, 4.69) is 11.1 Å². The number of aromatic nitrogens is 2. The van der Waals surface area contributed by atoms with Crippen LogP contribution in [0.5, 0.6) is 5.75 Å². The molecule has 0 atom stereocenters. The summed E-state index contributed by atoms with van der Waals surface area (Å²) < 4.78 is 7.47. The lowest BCUT2D eigenvalue weighted by Gasteiger charge is -2.17. The van der Waals surface area contributed by atoms with E-state index in [9.17, 15) is 5.26 Å². The largest absolute Gasteiger partial charge is 0.496 e. The predicted molar refractivity (Wildman–Crippen MR) is 108 cm³/mol. The summed E-state index contributed by atoms with van der Waals surface area (Å²) in [6.07, 6.45) is 1.77. The maximum atomic E-state index is 9.79. The number of anilines is 1. The number of rotatable bonds is 2. The molecule has 0 spiro atoms. The van der Waals surface area contributed by atoms with Gasteiger partial charge in [-0.05, 0) is 50.1 Å². The highest BCUT2D eigenvalue weighted by atomic mass is 16.5. The molecule has 0 aliphatic rings. The quantitative estimate of drug-likeness (QED) is 0.571. The molecule has 5 nitrogen and oxygen atoms in total. The molecule has 4 aromatic rings. The van der Waals surface area contributed by atoms with Gasteiger partial charge in [-0.3, -0.25) is 9.55 Å². The zero-order valence-electron chi connectivity index (χ0n) is 15.8. The van der Waals surface area contributed by atoms with Crippen molar-refractivity contribution >= 4 is 27.6 Å². The van der Waals surface area contributed by atoms with E-state index in [4.69, 9.17) is 10.5 Å². The molecule has 0 bridgehead atoms. The highest BCUT2D eigenvalue weighted by molar-refractivity contribution is 6.10. The molecular weight excluding hydrogens is 336 g/mol. The van der Waals surface area contributed by atoms with Crippen LogP contribution in [0.15, 0.2) is 36.5 Å². The summed E-state index contributed by atoms with van der Waals surface area (Å²) in [5.41, 5.74) is 12.7. The second-order valence-corrected chi connectivity index (χ2v) is 6.75. The standard InChI is InChI=1S/C22H20N4O/c1-12-7-8-18(27-4)14(3)20(12)26-21-16(17(11-23)22(26)24)10-13(2)15-6-5-9-25-19(15)21/h5-10H,24H2,1-4H3. The first-order chi connectivity index (χ1) is 13.0. The van der Waals surface area contributed by atoms with Gasteiger partial charge in [0.1, 0.15) is 23.2 Å². The van der Waals surface area contributed by atoms with Gasteiger partial charge in [0.2, 0.25) is 0 Å². The lowest BCUT2D eigenvalue weighted by Crippen LogP contribution is -2.06. The maximum Gasteiger partial charge on any atom is 0.127 e. The Balaban J connectivity index is 2.29. The van der Waals surface area contributed by atoms with Crippen LogP contribution in [0, 0.1) is 32.1 Å². The first-order valence-corrected chi connectivity index (χ1v) is 8.72. The predicted octanol–water partition coefficient (Wildman–Crippen LogP) is 4.57. The molecule has 0 saturated heterocycles. The third-order valence-corrected chi connectivity index (χ3v) is 5.20. The van der Waals surface area contributed by atoms with E-state index in [0.717, 1.165) is 49.9 Å². The van der Waals surface area contributed by atoms with Gasteiger partial charge in [-0.2, -0.15) is 5.26 Å². The van der Waals surface area contributed by atoms with Gasteiger partial charge in [0, 0.05) is 22.5 Å². The van der Waals surface area contributed by atoms with Crippen LogP contribution in [-0.2, 0) is 0 Å². The zero-order chi connectivity index (χ0) is 19.3.